The molecule has 0 aliphatic heterocycles. The van der Waals surface area contributed by atoms with Gasteiger partial charge in [0.2, 0.25) is 0 Å². The molecule has 6 nitrogen and oxygen atoms in total. The van der Waals surface area contributed by atoms with E-state index in [0.29, 0.717) is 24.3 Å². The van der Waals surface area contributed by atoms with Gasteiger partial charge in [0.05, 0.1) is 5.56 Å². The van der Waals surface area contributed by atoms with E-state index < -0.39 is 5.97 Å². The molecule has 0 aliphatic rings. The number of rotatable bonds is 8. The zero-order valence-electron chi connectivity index (χ0n) is 15.2. The lowest BCUT2D eigenvalue weighted by Gasteiger charge is -2.23. The van der Waals surface area contributed by atoms with Gasteiger partial charge in [-0.1, -0.05) is 12.1 Å². The first-order chi connectivity index (χ1) is 12.5. The summed E-state index contributed by atoms with van der Waals surface area (Å²) in [5, 5.41) is 2.77. The van der Waals surface area contributed by atoms with E-state index in [1.165, 1.54) is 5.56 Å². The quantitative estimate of drug-likeness (QED) is 0.561. The van der Waals surface area contributed by atoms with Crippen LogP contribution in [0.25, 0.3) is 0 Å². The van der Waals surface area contributed by atoms with E-state index in [2.05, 4.69) is 36.2 Å². The second-order valence-corrected chi connectivity index (χ2v) is 5.97. The van der Waals surface area contributed by atoms with Crippen molar-refractivity contribution in [3.8, 4) is 0 Å². The number of amides is 1. The van der Waals surface area contributed by atoms with Crippen LogP contribution in [0.1, 0.15) is 22.8 Å². The molecule has 0 aromatic heterocycles. The van der Waals surface area contributed by atoms with Crippen LogP contribution in [-0.4, -0.2) is 38.1 Å². The fraction of sp³-hybridized carbons (Fsp3) is 0.300. The monoisotopic (exact) mass is 355 g/mol. The average molecular weight is 355 g/mol. The number of hydrogen-bond donors (Lipinski definition) is 2. The first kappa shape index (κ1) is 19.3. The summed E-state index contributed by atoms with van der Waals surface area (Å²) in [6.07, 6.45) is 0. The van der Waals surface area contributed by atoms with Crippen molar-refractivity contribution < 1.29 is 14.3 Å². The second kappa shape index (κ2) is 9.46. The third-order valence-corrected chi connectivity index (χ3v) is 3.93. The van der Waals surface area contributed by atoms with Gasteiger partial charge in [-0.3, -0.25) is 4.79 Å². The molecular weight excluding hydrogens is 330 g/mol. The lowest BCUT2D eigenvalue weighted by molar-refractivity contribution is -0.124. The topological polar surface area (TPSA) is 84.7 Å². The molecule has 1 amide bonds. The molecule has 138 valence electrons. The molecule has 2 aromatic rings. The van der Waals surface area contributed by atoms with Crippen molar-refractivity contribution in [3.05, 3.63) is 59.7 Å². The average Bonchev–Trinajstić information content (AvgIpc) is 2.64. The Hall–Kier alpha value is -3.02. The van der Waals surface area contributed by atoms with E-state index in [-0.39, 0.29) is 12.5 Å². The highest BCUT2D eigenvalue weighted by Gasteiger charge is 2.10. The van der Waals surface area contributed by atoms with Crippen molar-refractivity contribution in [1.29, 1.82) is 0 Å². The van der Waals surface area contributed by atoms with Crippen molar-refractivity contribution in [2.45, 2.75) is 13.8 Å². The number of nitrogen functional groups attached to an aromatic ring is 1. The number of carbonyl (C=O) groups is 2. The third kappa shape index (κ3) is 5.81. The molecule has 0 fully saturated rings. The van der Waals surface area contributed by atoms with Gasteiger partial charge in [0.15, 0.2) is 6.61 Å². The van der Waals surface area contributed by atoms with E-state index in [1.807, 2.05) is 12.1 Å². The van der Waals surface area contributed by atoms with E-state index in [4.69, 9.17) is 10.5 Å². The fourth-order valence-electron chi connectivity index (χ4n) is 2.51. The third-order valence-electron chi connectivity index (χ3n) is 3.93. The lowest BCUT2D eigenvalue weighted by Crippen LogP contribution is -2.36. The van der Waals surface area contributed by atoms with Gasteiger partial charge >= 0.3 is 5.97 Å². The Morgan fingerprint density at radius 1 is 1.15 bits per heavy atom. The van der Waals surface area contributed by atoms with E-state index in [0.717, 1.165) is 12.2 Å². The predicted octanol–water partition coefficient (Wildman–Crippen LogP) is 2.38. The molecule has 0 saturated heterocycles. The van der Waals surface area contributed by atoms with Crippen LogP contribution in [0.5, 0.6) is 0 Å². The molecule has 6 heteroatoms. The first-order valence-electron chi connectivity index (χ1n) is 8.60. The van der Waals surface area contributed by atoms with Crippen molar-refractivity contribution >= 4 is 23.3 Å². The Bertz CT molecular complexity index is 744. The maximum Gasteiger partial charge on any atom is 0.338 e. The summed E-state index contributed by atoms with van der Waals surface area (Å²) in [6.45, 7) is 5.80. The Balaban J connectivity index is 1.74. The molecule has 2 aromatic carbocycles. The molecule has 0 unspecified atom stereocenters. The first-order valence-corrected chi connectivity index (χ1v) is 8.60. The number of anilines is 2. The standard InChI is InChI=1S/C20H25N3O3/c1-3-23(18-6-4-5-15(2)13-18)12-11-22-19(24)14-26-20(25)16-7-9-17(21)10-8-16/h4-10,13H,3,11-12,14,21H2,1-2H3,(H,22,24). The van der Waals surface area contributed by atoms with Crippen LogP contribution in [0, 0.1) is 6.92 Å². The van der Waals surface area contributed by atoms with Crippen LogP contribution in [0.4, 0.5) is 11.4 Å². The smallest absolute Gasteiger partial charge is 0.338 e. The van der Waals surface area contributed by atoms with Gasteiger partial charge in [0, 0.05) is 31.0 Å². The van der Waals surface area contributed by atoms with Crippen molar-refractivity contribution in [1.82, 2.24) is 5.32 Å². The SMILES string of the molecule is CCN(CCNC(=O)COC(=O)c1ccc(N)cc1)c1cccc(C)c1. The number of aryl methyl sites for hydroxylation is 1. The number of likely N-dealkylation sites (N-methyl/N-ethyl adjacent to an activating group) is 1. The number of carbonyl (C=O) groups excluding carboxylic acids is 2. The van der Waals surface area contributed by atoms with Gasteiger partial charge in [0.25, 0.3) is 5.91 Å². The van der Waals surface area contributed by atoms with Crippen LogP contribution in [0.3, 0.4) is 0 Å². The molecule has 26 heavy (non-hydrogen) atoms. The number of esters is 1. The summed E-state index contributed by atoms with van der Waals surface area (Å²) in [6, 6.07) is 14.6. The Labute approximate surface area is 153 Å². The van der Waals surface area contributed by atoms with Gasteiger partial charge in [-0.15, -0.1) is 0 Å². The maximum atomic E-state index is 11.9. The van der Waals surface area contributed by atoms with E-state index in [1.54, 1.807) is 24.3 Å². The minimum absolute atomic E-state index is 0.306. The Morgan fingerprint density at radius 2 is 1.88 bits per heavy atom. The number of nitrogens with two attached hydrogens (primary N) is 1. The molecule has 0 aliphatic carbocycles. The minimum Gasteiger partial charge on any atom is -0.452 e. The molecule has 0 saturated carbocycles. The van der Waals surface area contributed by atoms with Crippen molar-refractivity contribution in [2.24, 2.45) is 0 Å². The Morgan fingerprint density at radius 3 is 2.54 bits per heavy atom. The van der Waals surface area contributed by atoms with Gasteiger partial charge in [-0.25, -0.2) is 4.79 Å². The zero-order chi connectivity index (χ0) is 18.9. The number of hydrogen-bond acceptors (Lipinski definition) is 5. The Kier molecular flexibility index (Phi) is 7.02. The van der Waals surface area contributed by atoms with Crippen LogP contribution >= 0.6 is 0 Å². The zero-order valence-corrected chi connectivity index (χ0v) is 15.2. The number of ether oxygens (including phenoxy) is 1. The van der Waals surface area contributed by atoms with Gasteiger partial charge < -0.3 is 20.7 Å². The number of nitrogens with one attached hydrogen (secondary N) is 1. The molecule has 0 bridgehead atoms. The molecule has 3 N–H and O–H groups in total. The second-order valence-electron chi connectivity index (χ2n) is 5.97. The highest BCUT2D eigenvalue weighted by molar-refractivity contribution is 5.91. The molecule has 0 atom stereocenters. The summed E-state index contributed by atoms with van der Waals surface area (Å²) in [4.78, 5) is 25.9. The van der Waals surface area contributed by atoms with Crippen molar-refractivity contribution in [2.75, 3.05) is 36.9 Å². The van der Waals surface area contributed by atoms with E-state index in [9.17, 15) is 9.59 Å². The summed E-state index contributed by atoms with van der Waals surface area (Å²) in [7, 11) is 0. The normalized spacial score (nSPS) is 10.2. The van der Waals surface area contributed by atoms with Gasteiger partial charge in [0.1, 0.15) is 0 Å². The van der Waals surface area contributed by atoms with Gasteiger partial charge in [-0.2, -0.15) is 0 Å². The highest BCUT2D eigenvalue weighted by atomic mass is 16.5. The molecule has 0 spiro atoms. The van der Waals surface area contributed by atoms with E-state index >= 15 is 0 Å². The van der Waals surface area contributed by atoms with Crippen LogP contribution in [0.2, 0.25) is 0 Å². The van der Waals surface area contributed by atoms with Crippen LogP contribution in [0.15, 0.2) is 48.5 Å². The molecular formula is C20H25N3O3. The summed E-state index contributed by atoms with van der Waals surface area (Å²) < 4.78 is 5.01. The highest BCUT2D eigenvalue weighted by Crippen LogP contribution is 2.15. The van der Waals surface area contributed by atoms with Crippen molar-refractivity contribution in [3.63, 3.8) is 0 Å². The minimum atomic E-state index is -0.546. The molecule has 0 radical (unpaired) electrons. The predicted molar refractivity (Wildman–Crippen MR) is 103 cm³/mol. The number of nitrogens with zero attached hydrogens (tertiary/aromatic N) is 1. The number of benzene rings is 2. The molecule has 0 heterocycles. The lowest BCUT2D eigenvalue weighted by atomic mass is 10.2. The summed E-state index contributed by atoms with van der Waals surface area (Å²) >= 11 is 0. The summed E-state index contributed by atoms with van der Waals surface area (Å²) in [5.41, 5.74) is 8.81. The van der Waals surface area contributed by atoms with Crippen LogP contribution in [-0.2, 0) is 9.53 Å². The molecule has 2 rings (SSSR count). The maximum absolute atomic E-state index is 11.9. The fourth-order valence-corrected chi connectivity index (χ4v) is 2.51. The summed E-state index contributed by atoms with van der Waals surface area (Å²) in [5.74, 6) is -0.871. The largest absolute Gasteiger partial charge is 0.452 e. The van der Waals surface area contributed by atoms with Crippen LogP contribution < -0.4 is 16.0 Å². The van der Waals surface area contributed by atoms with Gasteiger partial charge in [-0.05, 0) is 55.8 Å².